The summed E-state index contributed by atoms with van der Waals surface area (Å²) in [6.45, 7) is 1.88. The van der Waals surface area contributed by atoms with Crippen molar-refractivity contribution in [3.63, 3.8) is 0 Å². The number of carbonyl (C=O) groups excluding carboxylic acids is 2. The van der Waals surface area contributed by atoms with Crippen molar-refractivity contribution in [2.24, 2.45) is 11.7 Å². The van der Waals surface area contributed by atoms with Gasteiger partial charge in [0.25, 0.3) is 0 Å². The summed E-state index contributed by atoms with van der Waals surface area (Å²) in [5.74, 6) is 0.279. The maximum atomic E-state index is 13.3. The fourth-order valence-corrected chi connectivity index (χ4v) is 4.14. The van der Waals surface area contributed by atoms with Gasteiger partial charge in [0.1, 0.15) is 0 Å². The number of carbonyl (C=O) groups is 2. The van der Waals surface area contributed by atoms with E-state index in [2.05, 4.69) is 17.0 Å². The van der Waals surface area contributed by atoms with E-state index in [9.17, 15) is 9.59 Å². The van der Waals surface area contributed by atoms with Gasteiger partial charge >= 0.3 is 6.03 Å². The molecular weight excluding hydrogens is 314 g/mol. The number of nitrogens with zero attached hydrogens (tertiary/aromatic N) is 2. The number of piperidine rings is 1. The van der Waals surface area contributed by atoms with Gasteiger partial charge in [0.2, 0.25) is 5.91 Å². The topological polar surface area (TPSA) is 66.6 Å². The van der Waals surface area contributed by atoms with E-state index in [4.69, 9.17) is 5.73 Å². The van der Waals surface area contributed by atoms with E-state index in [-0.39, 0.29) is 17.9 Å². The van der Waals surface area contributed by atoms with Gasteiger partial charge in [-0.3, -0.25) is 4.79 Å². The molecule has 0 spiro atoms. The standard InChI is InChI=1S/C20H29N3O2/c21-20(25)22-13-11-17(12-14-22)19(24)23(18-9-5-2-6-10-18)15-16-7-3-1-4-8-16/h1,3-4,7-8,17-18H,2,5-6,9-15H2,(H2,21,25). The van der Waals surface area contributed by atoms with Crippen molar-refractivity contribution < 1.29 is 9.59 Å². The van der Waals surface area contributed by atoms with Crippen molar-refractivity contribution in [3.05, 3.63) is 35.9 Å². The summed E-state index contributed by atoms with van der Waals surface area (Å²) < 4.78 is 0. The Kier molecular flexibility index (Phi) is 5.95. The van der Waals surface area contributed by atoms with Crippen LogP contribution >= 0.6 is 0 Å². The number of hydrogen-bond acceptors (Lipinski definition) is 2. The number of nitrogens with two attached hydrogens (primary N) is 1. The number of rotatable bonds is 4. The highest BCUT2D eigenvalue weighted by Crippen LogP contribution is 2.28. The SMILES string of the molecule is NC(=O)N1CCC(C(=O)N(Cc2ccccc2)C2CCCCC2)CC1. The first-order chi connectivity index (χ1) is 12.1. The Hall–Kier alpha value is -2.04. The molecule has 1 aromatic rings. The zero-order chi connectivity index (χ0) is 17.6. The molecule has 0 bridgehead atoms. The van der Waals surface area contributed by atoms with Crippen LogP contribution in [0.2, 0.25) is 0 Å². The van der Waals surface area contributed by atoms with Gasteiger partial charge in [0, 0.05) is 31.6 Å². The van der Waals surface area contributed by atoms with E-state index in [1.807, 2.05) is 18.2 Å². The molecule has 5 nitrogen and oxygen atoms in total. The molecule has 136 valence electrons. The number of benzene rings is 1. The van der Waals surface area contributed by atoms with E-state index >= 15 is 0 Å². The fourth-order valence-electron chi connectivity index (χ4n) is 4.14. The molecule has 25 heavy (non-hydrogen) atoms. The van der Waals surface area contributed by atoms with Crippen LogP contribution in [0, 0.1) is 5.92 Å². The van der Waals surface area contributed by atoms with Crippen LogP contribution in [-0.2, 0) is 11.3 Å². The van der Waals surface area contributed by atoms with Crippen molar-refractivity contribution >= 4 is 11.9 Å². The van der Waals surface area contributed by atoms with E-state index in [0.29, 0.717) is 25.7 Å². The summed E-state index contributed by atoms with van der Waals surface area (Å²) in [5.41, 5.74) is 6.55. The highest BCUT2D eigenvalue weighted by molar-refractivity contribution is 5.80. The maximum Gasteiger partial charge on any atom is 0.314 e. The van der Waals surface area contributed by atoms with Gasteiger partial charge in [0.15, 0.2) is 0 Å². The van der Waals surface area contributed by atoms with Gasteiger partial charge in [0.05, 0.1) is 0 Å². The van der Waals surface area contributed by atoms with E-state index < -0.39 is 0 Å². The second kappa shape index (κ2) is 8.37. The van der Waals surface area contributed by atoms with Crippen molar-refractivity contribution in [2.75, 3.05) is 13.1 Å². The lowest BCUT2D eigenvalue weighted by Crippen LogP contribution is -2.48. The van der Waals surface area contributed by atoms with Crippen molar-refractivity contribution in [2.45, 2.75) is 57.5 Å². The van der Waals surface area contributed by atoms with Crippen LogP contribution in [0.3, 0.4) is 0 Å². The largest absolute Gasteiger partial charge is 0.351 e. The molecule has 1 aliphatic carbocycles. The van der Waals surface area contributed by atoms with Crippen LogP contribution in [0.25, 0.3) is 0 Å². The quantitative estimate of drug-likeness (QED) is 0.912. The Labute approximate surface area is 150 Å². The Bertz CT molecular complexity index is 576. The normalized spacial score (nSPS) is 19.6. The van der Waals surface area contributed by atoms with E-state index in [0.717, 1.165) is 25.7 Å². The Morgan fingerprint density at radius 1 is 1.00 bits per heavy atom. The summed E-state index contributed by atoms with van der Waals surface area (Å²) in [5, 5.41) is 0. The minimum Gasteiger partial charge on any atom is -0.351 e. The van der Waals surface area contributed by atoms with Crippen LogP contribution in [0.5, 0.6) is 0 Å². The first kappa shape index (κ1) is 17.8. The first-order valence-electron chi connectivity index (χ1n) is 9.54. The molecule has 1 aliphatic heterocycles. The van der Waals surface area contributed by atoms with Crippen molar-refractivity contribution in [3.8, 4) is 0 Å². The summed E-state index contributed by atoms with van der Waals surface area (Å²) in [6.07, 6.45) is 7.37. The molecule has 1 aromatic carbocycles. The zero-order valence-electron chi connectivity index (χ0n) is 14.9. The second-order valence-corrected chi connectivity index (χ2v) is 7.34. The van der Waals surface area contributed by atoms with Crippen LogP contribution in [0.15, 0.2) is 30.3 Å². The molecule has 3 rings (SSSR count). The average molecular weight is 343 g/mol. The van der Waals surface area contributed by atoms with Gasteiger partial charge < -0.3 is 15.5 Å². The van der Waals surface area contributed by atoms with Crippen LogP contribution in [-0.4, -0.2) is 40.9 Å². The molecular formula is C20H29N3O2. The van der Waals surface area contributed by atoms with Crippen LogP contribution in [0.1, 0.15) is 50.5 Å². The minimum atomic E-state index is -0.376. The number of likely N-dealkylation sites (tertiary alicyclic amines) is 1. The third-order valence-electron chi connectivity index (χ3n) is 5.65. The molecule has 0 aromatic heterocycles. The third-order valence-corrected chi connectivity index (χ3v) is 5.65. The lowest BCUT2D eigenvalue weighted by atomic mass is 9.90. The maximum absolute atomic E-state index is 13.3. The Morgan fingerprint density at radius 3 is 2.24 bits per heavy atom. The van der Waals surface area contributed by atoms with Crippen molar-refractivity contribution in [1.29, 1.82) is 0 Å². The number of hydrogen-bond donors (Lipinski definition) is 1. The van der Waals surface area contributed by atoms with Crippen molar-refractivity contribution in [1.82, 2.24) is 9.80 Å². The Balaban J connectivity index is 1.69. The number of urea groups is 1. The second-order valence-electron chi connectivity index (χ2n) is 7.34. The highest BCUT2D eigenvalue weighted by atomic mass is 16.2. The van der Waals surface area contributed by atoms with Gasteiger partial charge in [-0.15, -0.1) is 0 Å². The molecule has 5 heteroatoms. The molecule has 2 fully saturated rings. The van der Waals surface area contributed by atoms with Crippen LogP contribution in [0.4, 0.5) is 4.79 Å². The number of primary amides is 1. The first-order valence-corrected chi connectivity index (χ1v) is 9.54. The molecule has 2 aliphatic rings. The van der Waals surface area contributed by atoms with Gasteiger partial charge in [-0.2, -0.15) is 0 Å². The third kappa shape index (κ3) is 4.53. The molecule has 1 saturated carbocycles. The molecule has 0 unspecified atom stereocenters. The lowest BCUT2D eigenvalue weighted by Gasteiger charge is -2.39. The predicted molar refractivity (Wildman–Crippen MR) is 97.7 cm³/mol. The summed E-state index contributed by atoms with van der Waals surface area (Å²) in [7, 11) is 0. The molecule has 0 atom stereocenters. The van der Waals surface area contributed by atoms with Gasteiger partial charge in [-0.05, 0) is 31.2 Å². The lowest BCUT2D eigenvalue weighted by molar-refractivity contribution is -0.140. The van der Waals surface area contributed by atoms with E-state index in [1.54, 1.807) is 4.90 Å². The average Bonchev–Trinajstić information content (AvgIpc) is 2.67. The smallest absolute Gasteiger partial charge is 0.314 e. The molecule has 3 amide bonds. The molecule has 0 radical (unpaired) electrons. The summed E-state index contributed by atoms with van der Waals surface area (Å²) in [4.78, 5) is 28.3. The monoisotopic (exact) mass is 343 g/mol. The summed E-state index contributed by atoms with van der Waals surface area (Å²) in [6, 6.07) is 10.2. The molecule has 1 saturated heterocycles. The minimum absolute atomic E-state index is 0.0150. The van der Waals surface area contributed by atoms with E-state index in [1.165, 1.54) is 24.8 Å². The molecule has 2 N–H and O–H groups in total. The highest BCUT2D eigenvalue weighted by Gasteiger charge is 2.33. The number of amides is 3. The fraction of sp³-hybridized carbons (Fsp3) is 0.600. The predicted octanol–water partition coefficient (Wildman–Crippen LogP) is 3.14. The Morgan fingerprint density at radius 2 is 1.64 bits per heavy atom. The molecule has 1 heterocycles. The zero-order valence-corrected chi connectivity index (χ0v) is 14.9. The van der Waals surface area contributed by atoms with Crippen LogP contribution < -0.4 is 5.73 Å². The summed E-state index contributed by atoms with van der Waals surface area (Å²) >= 11 is 0. The van der Waals surface area contributed by atoms with Gasteiger partial charge in [-0.1, -0.05) is 49.6 Å². The van der Waals surface area contributed by atoms with Gasteiger partial charge in [-0.25, -0.2) is 4.79 Å².